The summed E-state index contributed by atoms with van der Waals surface area (Å²) in [4.78, 5) is -0.400. The molecule has 1 aromatic carbocycles. The van der Waals surface area contributed by atoms with E-state index < -0.39 is 20.7 Å². The summed E-state index contributed by atoms with van der Waals surface area (Å²) in [5, 5.41) is 9.52. The van der Waals surface area contributed by atoms with Gasteiger partial charge in [-0.15, -0.1) is 0 Å². The second kappa shape index (κ2) is 5.75. The van der Waals surface area contributed by atoms with Crippen LogP contribution in [0.15, 0.2) is 23.1 Å². The summed E-state index contributed by atoms with van der Waals surface area (Å²) in [5.74, 6) is -0.865. The van der Waals surface area contributed by atoms with E-state index in [2.05, 4.69) is 4.72 Å². The zero-order chi connectivity index (χ0) is 14.0. The molecule has 1 aliphatic carbocycles. The number of halogens is 2. The largest absolute Gasteiger partial charge is 0.393 e. The highest BCUT2D eigenvalue weighted by Gasteiger charge is 2.26. The maximum Gasteiger partial charge on any atom is 0.243 e. The molecule has 7 heteroatoms. The van der Waals surface area contributed by atoms with Crippen LogP contribution in [0.2, 0.25) is 5.02 Å². The minimum Gasteiger partial charge on any atom is -0.393 e. The van der Waals surface area contributed by atoms with Crippen molar-refractivity contribution in [1.29, 1.82) is 0 Å². The van der Waals surface area contributed by atoms with E-state index in [1.54, 1.807) is 0 Å². The minimum absolute atomic E-state index is 0.150. The highest BCUT2D eigenvalue weighted by molar-refractivity contribution is 7.89. The van der Waals surface area contributed by atoms with Crippen LogP contribution >= 0.6 is 11.6 Å². The smallest absolute Gasteiger partial charge is 0.243 e. The van der Waals surface area contributed by atoms with Crippen LogP contribution in [-0.4, -0.2) is 25.7 Å². The molecule has 4 nitrogen and oxygen atoms in total. The van der Waals surface area contributed by atoms with Crippen LogP contribution in [0.3, 0.4) is 0 Å². The van der Waals surface area contributed by atoms with Crippen LogP contribution < -0.4 is 4.72 Å². The Hall–Kier alpha value is -0.690. The van der Waals surface area contributed by atoms with Crippen LogP contribution in [0.4, 0.5) is 4.39 Å². The molecule has 1 aliphatic rings. The van der Waals surface area contributed by atoms with Gasteiger partial charge in [0, 0.05) is 11.1 Å². The quantitative estimate of drug-likeness (QED) is 0.898. The molecule has 0 heterocycles. The van der Waals surface area contributed by atoms with Crippen molar-refractivity contribution in [3.8, 4) is 0 Å². The van der Waals surface area contributed by atoms with Crippen LogP contribution in [0.5, 0.6) is 0 Å². The third-order valence-corrected chi connectivity index (χ3v) is 4.99. The van der Waals surface area contributed by atoms with E-state index in [0.29, 0.717) is 25.7 Å². The fourth-order valence-corrected chi connectivity index (χ4v) is 3.69. The van der Waals surface area contributed by atoms with Gasteiger partial charge in [0.15, 0.2) is 0 Å². The molecule has 0 amide bonds. The summed E-state index contributed by atoms with van der Waals surface area (Å²) in [6.45, 7) is 0. The van der Waals surface area contributed by atoms with Gasteiger partial charge < -0.3 is 5.11 Å². The Morgan fingerprint density at radius 3 is 2.47 bits per heavy atom. The Balaban J connectivity index is 2.14. The highest BCUT2D eigenvalue weighted by atomic mass is 35.5. The van der Waals surface area contributed by atoms with Crippen LogP contribution in [0.1, 0.15) is 25.7 Å². The molecular formula is C12H15ClFNO3S. The maximum absolute atomic E-state index is 13.6. The summed E-state index contributed by atoms with van der Waals surface area (Å²) in [6.07, 6.45) is 1.84. The number of aliphatic hydroxyl groups is 1. The SMILES string of the molecule is O=S(=O)(NC1CCC(O)CC1)c1ccc(Cl)cc1F. The molecule has 0 aliphatic heterocycles. The lowest BCUT2D eigenvalue weighted by atomic mass is 9.94. The van der Waals surface area contributed by atoms with Crippen LogP contribution in [0.25, 0.3) is 0 Å². The topological polar surface area (TPSA) is 66.4 Å². The average Bonchev–Trinajstić information content (AvgIpc) is 2.31. The van der Waals surface area contributed by atoms with Crippen molar-refractivity contribution in [3.05, 3.63) is 29.0 Å². The monoisotopic (exact) mass is 307 g/mol. The van der Waals surface area contributed by atoms with Gasteiger partial charge in [-0.3, -0.25) is 0 Å². The first-order valence-electron chi connectivity index (χ1n) is 6.04. The molecule has 1 fully saturated rings. The number of rotatable bonds is 3. The lowest BCUT2D eigenvalue weighted by molar-refractivity contribution is 0.120. The first-order chi connectivity index (χ1) is 8.88. The van der Waals surface area contributed by atoms with Gasteiger partial charge in [-0.1, -0.05) is 11.6 Å². The van der Waals surface area contributed by atoms with E-state index in [-0.39, 0.29) is 17.2 Å². The highest BCUT2D eigenvalue weighted by Crippen LogP contribution is 2.23. The number of nitrogens with one attached hydrogen (secondary N) is 1. The average molecular weight is 308 g/mol. The van der Waals surface area contributed by atoms with E-state index in [0.717, 1.165) is 12.1 Å². The van der Waals surface area contributed by atoms with Crippen molar-refractivity contribution in [2.75, 3.05) is 0 Å². The second-order valence-corrected chi connectivity index (χ2v) is 6.82. The van der Waals surface area contributed by atoms with Gasteiger partial charge in [-0.05, 0) is 43.9 Å². The lowest BCUT2D eigenvalue weighted by Crippen LogP contribution is -2.38. The molecule has 19 heavy (non-hydrogen) atoms. The van der Waals surface area contributed by atoms with Gasteiger partial charge in [-0.2, -0.15) is 0 Å². The molecule has 0 spiro atoms. The molecule has 106 valence electrons. The molecule has 1 aromatic rings. The van der Waals surface area contributed by atoms with E-state index >= 15 is 0 Å². The number of sulfonamides is 1. The Bertz CT molecular complexity index is 556. The molecule has 0 atom stereocenters. The van der Waals surface area contributed by atoms with Crippen molar-refractivity contribution < 1.29 is 17.9 Å². The number of hydrogen-bond donors (Lipinski definition) is 2. The molecule has 0 saturated heterocycles. The Labute approximate surface area is 116 Å². The van der Waals surface area contributed by atoms with Crippen molar-refractivity contribution in [1.82, 2.24) is 4.72 Å². The standard InChI is InChI=1S/C12H15ClFNO3S/c13-8-1-6-12(11(14)7-8)19(17,18)15-9-2-4-10(16)5-3-9/h1,6-7,9-10,15-16H,2-5H2. The Morgan fingerprint density at radius 2 is 1.89 bits per heavy atom. The van der Waals surface area contributed by atoms with E-state index in [4.69, 9.17) is 11.6 Å². The molecular weight excluding hydrogens is 293 g/mol. The van der Waals surface area contributed by atoms with Crippen LogP contribution in [-0.2, 0) is 10.0 Å². The van der Waals surface area contributed by atoms with Crippen molar-refractivity contribution in [2.45, 2.75) is 42.7 Å². The molecule has 1 saturated carbocycles. The zero-order valence-corrected chi connectivity index (χ0v) is 11.7. The number of benzene rings is 1. The Morgan fingerprint density at radius 1 is 1.26 bits per heavy atom. The molecule has 2 rings (SSSR count). The van der Waals surface area contributed by atoms with Crippen molar-refractivity contribution >= 4 is 21.6 Å². The van der Waals surface area contributed by atoms with Crippen molar-refractivity contribution in [3.63, 3.8) is 0 Å². The molecule has 0 bridgehead atoms. The second-order valence-electron chi connectivity index (χ2n) is 4.70. The minimum atomic E-state index is -3.89. The number of aliphatic hydroxyl groups excluding tert-OH is 1. The normalized spacial score (nSPS) is 24.4. The van der Waals surface area contributed by atoms with Gasteiger partial charge in [0.1, 0.15) is 10.7 Å². The van der Waals surface area contributed by atoms with Gasteiger partial charge in [-0.25, -0.2) is 17.5 Å². The maximum atomic E-state index is 13.6. The van der Waals surface area contributed by atoms with E-state index in [1.165, 1.54) is 6.07 Å². The first kappa shape index (κ1) is 14.7. The van der Waals surface area contributed by atoms with Gasteiger partial charge in [0.05, 0.1) is 6.10 Å². The van der Waals surface area contributed by atoms with Gasteiger partial charge in [0.2, 0.25) is 10.0 Å². The number of hydrogen-bond acceptors (Lipinski definition) is 3. The lowest BCUT2D eigenvalue weighted by Gasteiger charge is -2.26. The fraction of sp³-hybridized carbons (Fsp3) is 0.500. The first-order valence-corrected chi connectivity index (χ1v) is 7.90. The summed E-state index contributed by atoms with van der Waals surface area (Å²) in [6, 6.07) is 3.20. The molecule has 0 unspecified atom stereocenters. The predicted octanol–water partition coefficient (Wildman–Crippen LogP) is 2.06. The third-order valence-electron chi connectivity index (χ3n) is 3.20. The molecule has 0 radical (unpaired) electrons. The molecule has 2 N–H and O–H groups in total. The fourth-order valence-electron chi connectivity index (χ4n) is 2.17. The zero-order valence-electron chi connectivity index (χ0n) is 10.1. The third kappa shape index (κ3) is 3.66. The van der Waals surface area contributed by atoms with E-state index in [1.807, 2.05) is 0 Å². The summed E-state index contributed by atoms with van der Waals surface area (Å²) in [7, 11) is -3.89. The van der Waals surface area contributed by atoms with Gasteiger partial charge in [0.25, 0.3) is 0 Å². The summed E-state index contributed by atoms with van der Waals surface area (Å²) in [5.41, 5.74) is 0. The Kier molecular flexibility index (Phi) is 4.45. The van der Waals surface area contributed by atoms with Crippen LogP contribution in [0, 0.1) is 5.82 Å². The summed E-state index contributed by atoms with van der Waals surface area (Å²) >= 11 is 5.59. The predicted molar refractivity (Wildman–Crippen MR) is 70.0 cm³/mol. The molecule has 0 aromatic heterocycles. The summed E-state index contributed by atoms with van der Waals surface area (Å²) < 4.78 is 40.2. The van der Waals surface area contributed by atoms with E-state index in [9.17, 15) is 17.9 Å². The van der Waals surface area contributed by atoms with Gasteiger partial charge >= 0.3 is 0 Å². The van der Waals surface area contributed by atoms with Crippen molar-refractivity contribution in [2.24, 2.45) is 0 Å².